The first-order valence-electron chi connectivity index (χ1n) is 5.75. The van der Waals surface area contributed by atoms with E-state index in [9.17, 15) is 9.90 Å². The molecule has 0 aliphatic rings. The molecule has 1 N–H and O–H groups in total. The van der Waals surface area contributed by atoms with Gasteiger partial charge in [-0.25, -0.2) is 0 Å². The van der Waals surface area contributed by atoms with Gasteiger partial charge in [0.05, 0.1) is 5.52 Å². The lowest BCUT2D eigenvalue weighted by molar-refractivity contribution is 0.480. The molecule has 0 unspecified atom stereocenters. The molecule has 0 atom stereocenters. The lowest BCUT2D eigenvalue weighted by atomic mass is 10.00. The maximum absolute atomic E-state index is 11.9. The smallest absolute Gasteiger partial charge is 0.253 e. The van der Waals surface area contributed by atoms with Gasteiger partial charge in [-0.3, -0.25) is 4.79 Å². The summed E-state index contributed by atoms with van der Waals surface area (Å²) in [7, 11) is 1.74. The van der Waals surface area contributed by atoms with Crippen LogP contribution in [0.5, 0.6) is 5.75 Å². The third kappa shape index (κ3) is 1.82. The van der Waals surface area contributed by atoms with Crippen LogP contribution in [0.1, 0.15) is 30.9 Å². The summed E-state index contributed by atoms with van der Waals surface area (Å²) in [6, 6.07) is 5.49. The van der Waals surface area contributed by atoms with Crippen LogP contribution in [0.3, 0.4) is 0 Å². The zero-order valence-corrected chi connectivity index (χ0v) is 10.6. The van der Waals surface area contributed by atoms with Crippen molar-refractivity contribution in [1.82, 2.24) is 4.57 Å². The molecule has 0 bridgehead atoms. The Balaban J connectivity index is 2.93. The number of aryl methyl sites for hydroxylation is 2. The van der Waals surface area contributed by atoms with Gasteiger partial charge in [0.15, 0.2) is 0 Å². The Morgan fingerprint density at radius 2 is 1.88 bits per heavy atom. The third-order valence-electron chi connectivity index (χ3n) is 3.19. The van der Waals surface area contributed by atoms with E-state index in [2.05, 4.69) is 13.8 Å². The Hall–Kier alpha value is -1.77. The van der Waals surface area contributed by atoms with Crippen LogP contribution in [0.15, 0.2) is 23.0 Å². The quantitative estimate of drug-likeness (QED) is 0.819. The second-order valence-corrected chi connectivity index (χ2v) is 4.82. The molecule has 0 radical (unpaired) electrons. The molecule has 0 fully saturated rings. The Morgan fingerprint density at radius 1 is 1.24 bits per heavy atom. The molecule has 0 aliphatic carbocycles. The van der Waals surface area contributed by atoms with Gasteiger partial charge < -0.3 is 9.67 Å². The van der Waals surface area contributed by atoms with Gasteiger partial charge in [0.1, 0.15) is 5.75 Å². The number of pyridine rings is 1. The summed E-state index contributed by atoms with van der Waals surface area (Å²) in [6.45, 7) is 5.89. The zero-order valence-electron chi connectivity index (χ0n) is 10.6. The topological polar surface area (TPSA) is 42.2 Å². The Kier molecular flexibility index (Phi) is 2.69. The first-order chi connectivity index (χ1) is 7.91. The molecule has 3 heteroatoms. The van der Waals surface area contributed by atoms with E-state index in [1.807, 2.05) is 6.07 Å². The van der Waals surface area contributed by atoms with Gasteiger partial charge in [0, 0.05) is 18.0 Å². The number of phenolic OH excluding ortho intramolecular Hbond substituents is 1. The van der Waals surface area contributed by atoms with Gasteiger partial charge in [0.25, 0.3) is 5.56 Å². The van der Waals surface area contributed by atoms with Gasteiger partial charge in [-0.2, -0.15) is 0 Å². The minimum atomic E-state index is -0.0159. The predicted molar refractivity (Wildman–Crippen MR) is 69.7 cm³/mol. The maximum atomic E-state index is 11.9. The van der Waals surface area contributed by atoms with Crippen LogP contribution in [0.4, 0.5) is 0 Å². The van der Waals surface area contributed by atoms with Crippen molar-refractivity contribution in [3.8, 4) is 5.75 Å². The Morgan fingerprint density at radius 3 is 2.47 bits per heavy atom. The van der Waals surface area contributed by atoms with Crippen molar-refractivity contribution in [2.24, 2.45) is 7.05 Å². The fourth-order valence-electron chi connectivity index (χ4n) is 2.06. The molecular formula is C14H17NO2. The molecule has 1 aromatic carbocycles. The summed E-state index contributed by atoms with van der Waals surface area (Å²) in [5, 5.41) is 10.8. The summed E-state index contributed by atoms with van der Waals surface area (Å²) >= 11 is 0. The fraction of sp³-hybridized carbons (Fsp3) is 0.357. The molecule has 1 aromatic heterocycles. The first kappa shape index (κ1) is 11.7. The largest absolute Gasteiger partial charge is 0.507 e. The lowest BCUT2D eigenvalue weighted by Crippen LogP contribution is -2.19. The molecule has 0 amide bonds. The number of benzene rings is 1. The number of hydrogen-bond donors (Lipinski definition) is 1. The number of nitrogens with zero attached hydrogens (tertiary/aromatic N) is 1. The second-order valence-electron chi connectivity index (χ2n) is 4.82. The highest BCUT2D eigenvalue weighted by Crippen LogP contribution is 2.29. The van der Waals surface area contributed by atoms with Crippen LogP contribution < -0.4 is 5.56 Å². The van der Waals surface area contributed by atoms with Gasteiger partial charge in [-0.1, -0.05) is 13.8 Å². The molecular weight excluding hydrogens is 214 g/mol. The van der Waals surface area contributed by atoms with E-state index in [4.69, 9.17) is 0 Å². The summed E-state index contributed by atoms with van der Waals surface area (Å²) in [6.07, 6.45) is 0. The van der Waals surface area contributed by atoms with Crippen LogP contribution in [0.2, 0.25) is 0 Å². The number of aromatic hydroxyl groups is 1. The highest BCUT2D eigenvalue weighted by molar-refractivity contribution is 5.86. The van der Waals surface area contributed by atoms with Crippen LogP contribution in [-0.2, 0) is 7.05 Å². The molecule has 1 heterocycles. The molecule has 17 heavy (non-hydrogen) atoms. The van der Waals surface area contributed by atoms with Gasteiger partial charge in [-0.05, 0) is 36.6 Å². The van der Waals surface area contributed by atoms with Crippen molar-refractivity contribution < 1.29 is 5.11 Å². The Bertz CT molecular complexity index is 639. The second kappa shape index (κ2) is 3.91. The van der Waals surface area contributed by atoms with Gasteiger partial charge in [0.2, 0.25) is 0 Å². The SMILES string of the molecule is Cc1cc2c(O)cc(C(C)C)cc2n(C)c1=O. The average Bonchev–Trinajstić information content (AvgIpc) is 2.27. The summed E-state index contributed by atoms with van der Waals surface area (Å²) < 4.78 is 1.59. The molecule has 0 aliphatic heterocycles. The van der Waals surface area contributed by atoms with Gasteiger partial charge in [-0.15, -0.1) is 0 Å². The number of phenols is 1. The van der Waals surface area contributed by atoms with Crippen molar-refractivity contribution in [1.29, 1.82) is 0 Å². The van der Waals surface area contributed by atoms with Crippen molar-refractivity contribution in [3.05, 3.63) is 39.7 Å². The van der Waals surface area contributed by atoms with E-state index >= 15 is 0 Å². The molecule has 90 valence electrons. The minimum Gasteiger partial charge on any atom is -0.507 e. The zero-order chi connectivity index (χ0) is 12.7. The summed E-state index contributed by atoms with van der Waals surface area (Å²) in [5.41, 5.74) is 2.45. The highest BCUT2D eigenvalue weighted by atomic mass is 16.3. The first-order valence-corrected chi connectivity index (χ1v) is 5.75. The Labute approximate surface area is 100 Å². The van der Waals surface area contributed by atoms with E-state index in [-0.39, 0.29) is 11.3 Å². The monoisotopic (exact) mass is 231 g/mol. The third-order valence-corrected chi connectivity index (χ3v) is 3.19. The van der Waals surface area contributed by atoms with Crippen molar-refractivity contribution >= 4 is 10.9 Å². The van der Waals surface area contributed by atoms with E-state index < -0.39 is 0 Å². The molecule has 0 saturated carbocycles. The van der Waals surface area contributed by atoms with Crippen LogP contribution >= 0.6 is 0 Å². The maximum Gasteiger partial charge on any atom is 0.253 e. The van der Waals surface area contributed by atoms with Crippen molar-refractivity contribution in [2.75, 3.05) is 0 Å². The van der Waals surface area contributed by atoms with Crippen LogP contribution in [0, 0.1) is 6.92 Å². The fourth-order valence-corrected chi connectivity index (χ4v) is 2.06. The summed E-state index contributed by atoms with van der Waals surface area (Å²) in [5.74, 6) is 0.562. The van der Waals surface area contributed by atoms with E-state index in [1.54, 1.807) is 30.7 Å². The lowest BCUT2D eigenvalue weighted by Gasteiger charge is -2.12. The normalized spacial score (nSPS) is 11.4. The molecule has 3 nitrogen and oxygen atoms in total. The summed E-state index contributed by atoms with van der Waals surface area (Å²) in [4.78, 5) is 11.9. The van der Waals surface area contributed by atoms with Crippen molar-refractivity contribution in [3.63, 3.8) is 0 Å². The predicted octanol–water partition coefficient (Wildman–Crippen LogP) is 2.68. The van der Waals surface area contributed by atoms with Crippen LogP contribution in [-0.4, -0.2) is 9.67 Å². The molecule has 0 saturated heterocycles. The number of aromatic nitrogens is 1. The number of rotatable bonds is 1. The molecule has 0 spiro atoms. The van der Waals surface area contributed by atoms with Crippen LogP contribution in [0.25, 0.3) is 10.9 Å². The average molecular weight is 231 g/mol. The number of hydrogen-bond acceptors (Lipinski definition) is 2. The van der Waals surface area contributed by atoms with E-state index in [0.29, 0.717) is 11.5 Å². The standard InChI is InChI=1S/C14H17NO2/c1-8(2)10-6-12-11(13(16)7-10)5-9(3)14(17)15(12)4/h5-8,16H,1-4H3. The van der Waals surface area contributed by atoms with Crippen molar-refractivity contribution in [2.45, 2.75) is 26.7 Å². The van der Waals surface area contributed by atoms with E-state index in [0.717, 1.165) is 16.5 Å². The molecule has 2 aromatic rings. The highest BCUT2D eigenvalue weighted by Gasteiger charge is 2.10. The number of fused-ring (bicyclic) bond motifs is 1. The molecule has 2 rings (SSSR count). The van der Waals surface area contributed by atoms with E-state index in [1.165, 1.54) is 0 Å². The van der Waals surface area contributed by atoms with Gasteiger partial charge >= 0.3 is 0 Å². The minimum absolute atomic E-state index is 0.0159.